The van der Waals surface area contributed by atoms with Crippen molar-refractivity contribution in [1.29, 1.82) is 0 Å². The van der Waals surface area contributed by atoms with E-state index in [0.29, 0.717) is 17.5 Å². The van der Waals surface area contributed by atoms with Crippen LogP contribution in [0.1, 0.15) is 23.2 Å². The van der Waals surface area contributed by atoms with Crippen molar-refractivity contribution in [1.82, 2.24) is 15.2 Å². The van der Waals surface area contributed by atoms with Crippen molar-refractivity contribution in [3.8, 4) is 0 Å². The van der Waals surface area contributed by atoms with E-state index in [9.17, 15) is 4.79 Å². The van der Waals surface area contributed by atoms with E-state index >= 15 is 0 Å². The van der Waals surface area contributed by atoms with Crippen LogP contribution in [-0.4, -0.2) is 41.5 Å². The van der Waals surface area contributed by atoms with E-state index in [1.165, 1.54) is 6.42 Å². The molecule has 4 nitrogen and oxygen atoms in total. The lowest BCUT2D eigenvalue weighted by molar-refractivity contribution is 0.0661. The molecule has 2 saturated heterocycles. The number of carbonyl (C=O) groups is 1. The molecule has 3 heterocycles. The van der Waals surface area contributed by atoms with Gasteiger partial charge in [0, 0.05) is 31.5 Å². The average Bonchev–Trinajstić information content (AvgIpc) is 2.86. The largest absolute Gasteiger partial charge is 0.338 e. The lowest BCUT2D eigenvalue weighted by atomic mass is 9.93. The van der Waals surface area contributed by atoms with Gasteiger partial charge in [-0.05, 0) is 37.4 Å². The van der Waals surface area contributed by atoms with Crippen LogP contribution in [0.3, 0.4) is 0 Å². The average molecular weight is 304 g/mol. The van der Waals surface area contributed by atoms with E-state index in [-0.39, 0.29) is 30.7 Å². The zero-order chi connectivity index (χ0) is 11.7. The summed E-state index contributed by atoms with van der Waals surface area (Å²) in [5.41, 5.74) is 0.705. The van der Waals surface area contributed by atoms with E-state index in [0.717, 1.165) is 26.1 Å². The van der Waals surface area contributed by atoms with Crippen LogP contribution in [0.15, 0.2) is 24.5 Å². The summed E-state index contributed by atoms with van der Waals surface area (Å²) >= 11 is 0. The predicted molar refractivity (Wildman–Crippen MR) is 79.2 cm³/mol. The Morgan fingerprint density at radius 1 is 1.37 bits per heavy atom. The van der Waals surface area contributed by atoms with Gasteiger partial charge in [-0.3, -0.25) is 9.78 Å². The quantitative estimate of drug-likeness (QED) is 0.860. The Balaban J connectivity index is 0.000000902. The Kier molecular flexibility index (Phi) is 6.04. The summed E-state index contributed by atoms with van der Waals surface area (Å²) in [6.45, 7) is 2.86. The highest BCUT2D eigenvalue weighted by molar-refractivity contribution is 5.93. The highest BCUT2D eigenvalue weighted by Crippen LogP contribution is 2.25. The van der Waals surface area contributed by atoms with Gasteiger partial charge in [0.05, 0.1) is 5.56 Å². The fourth-order valence-electron chi connectivity index (χ4n) is 2.90. The molecule has 0 radical (unpaired) electrons. The summed E-state index contributed by atoms with van der Waals surface area (Å²) in [5, 5.41) is 3.51. The molecule has 3 rings (SSSR count). The molecule has 6 heteroatoms. The molecule has 0 aromatic carbocycles. The van der Waals surface area contributed by atoms with Gasteiger partial charge in [0.15, 0.2) is 0 Å². The highest BCUT2D eigenvalue weighted by Gasteiger charge is 2.34. The molecule has 2 atom stereocenters. The number of fused-ring (bicyclic) bond motifs is 1. The van der Waals surface area contributed by atoms with Gasteiger partial charge in [0.25, 0.3) is 5.91 Å². The Hall–Kier alpha value is -0.840. The fourth-order valence-corrected chi connectivity index (χ4v) is 2.90. The summed E-state index contributed by atoms with van der Waals surface area (Å²) in [4.78, 5) is 18.2. The lowest BCUT2D eigenvalue weighted by Gasteiger charge is -2.34. The summed E-state index contributed by atoms with van der Waals surface area (Å²) in [5.74, 6) is 0.771. The molecule has 2 aliphatic rings. The van der Waals surface area contributed by atoms with Gasteiger partial charge in [-0.2, -0.15) is 0 Å². The smallest absolute Gasteiger partial charge is 0.255 e. The lowest BCUT2D eigenvalue weighted by Crippen LogP contribution is -2.46. The predicted octanol–water partition coefficient (Wildman–Crippen LogP) is 1.75. The molecule has 2 unspecified atom stereocenters. The molecule has 0 bridgehead atoms. The number of likely N-dealkylation sites (tertiary alicyclic amines) is 1. The topological polar surface area (TPSA) is 45.2 Å². The Morgan fingerprint density at radius 2 is 2.21 bits per heavy atom. The first-order chi connectivity index (χ1) is 8.34. The monoisotopic (exact) mass is 303 g/mol. The number of pyridine rings is 1. The molecule has 1 amide bonds. The van der Waals surface area contributed by atoms with Crippen molar-refractivity contribution in [2.75, 3.05) is 19.6 Å². The van der Waals surface area contributed by atoms with Gasteiger partial charge in [0.1, 0.15) is 0 Å². The molecule has 0 spiro atoms. The van der Waals surface area contributed by atoms with Gasteiger partial charge in [-0.1, -0.05) is 0 Å². The second kappa shape index (κ2) is 7.08. The van der Waals surface area contributed by atoms with Gasteiger partial charge in [-0.15, -0.1) is 24.8 Å². The van der Waals surface area contributed by atoms with Gasteiger partial charge in [-0.25, -0.2) is 0 Å². The van der Waals surface area contributed by atoms with Crippen LogP contribution in [-0.2, 0) is 0 Å². The zero-order valence-electron chi connectivity index (χ0n) is 10.6. The molecule has 1 N–H and O–H groups in total. The number of halogens is 2. The van der Waals surface area contributed by atoms with E-state index in [1.54, 1.807) is 12.4 Å². The summed E-state index contributed by atoms with van der Waals surface area (Å²) in [6, 6.07) is 4.29. The normalized spacial score (nSPS) is 24.9. The van der Waals surface area contributed by atoms with E-state index < -0.39 is 0 Å². The maximum atomic E-state index is 12.3. The number of nitrogens with one attached hydrogen (secondary N) is 1. The number of amides is 1. The van der Waals surface area contributed by atoms with Crippen LogP contribution in [0.2, 0.25) is 0 Å². The highest BCUT2D eigenvalue weighted by atomic mass is 35.5. The van der Waals surface area contributed by atoms with Gasteiger partial charge in [0.2, 0.25) is 0 Å². The standard InChI is InChI=1S/C13H17N3O.2ClH/c17-13(10-2-1-5-14-8-10)16-7-4-12-11(9-16)3-6-15-12;;/h1-2,5,8,11-12,15H,3-4,6-7,9H2;2*1H. The van der Waals surface area contributed by atoms with Crippen LogP contribution in [0, 0.1) is 5.92 Å². The first kappa shape index (κ1) is 16.2. The molecule has 1 aromatic rings. The van der Waals surface area contributed by atoms with Crippen LogP contribution in [0.5, 0.6) is 0 Å². The molecular formula is C13H19Cl2N3O. The second-order valence-corrected chi connectivity index (χ2v) is 4.89. The molecule has 2 aliphatic heterocycles. The number of nitrogens with zero attached hydrogens (tertiary/aromatic N) is 2. The van der Waals surface area contributed by atoms with Crippen molar-refractivity contribution in [2.24, 2.45) is 5.92 Å². The molecule has 2 fully saturated rings. The number of aromatic nitrogens is 1. The van der Waals surface area contributed by atoms with Crippen LogP contribution < -0.4 is 5.32 Å². The fraction of sp³-hybridized carbons (Fsp3) is 0.538. The summed E-state index contributed by atoms with van der Waals surface area (Å²) in [6.07, 6.45) is 5.63. The van der Waals surface area contributed by atoms with Crippen LogP contribution in [0.25, 0.3) is 0 Å². The second-order valence-electron chi connectivity index (χ2n) is 4.89. The maximum Gasteiger partial charge on any atom is 0.255 e. The molecule has 0 aliphatic carbocycles. The zero-order valence-corrected chi connectivity index (χ0v) is 12.3. The van der Waals surface area contributed by atoms with Gasteiger partial charge >= 0.3 is 0 Å². The van der Waals surface area contributed by atoms with Crippen molar-refractivity contribution in [3.05, 3.63) is 30.1 Å². The third-order valence-corrected chi connectivity index (χ3v) is 3.85. The Bertz CT molecular complexity index is 416. The molecule has 106 valence electrons. The Labute approximate surface area is 125 Å². The molecule has 0 saturated carbocycles. The van der Waals surface area contributed by atoms with Crippen molar-refractivity contribution >= 4 is 30.7 Å². The Morgan fingerprint density at radius 3 is 2.95 bits per heavy atom. The third kappa shape index (κ3) is 3.38. The molecule has 19 heavy (non-hydrogen) atoms. The van der Waals surface area contributed by atoms with Crippen LogP contribution in [0.4, 0.5) is 0 Å². The van der Waals surface area contributed by atoms with E-state index in [2.05, 4.69) is 10.3 Å². The SMILES string of the molecule is Cl.Cl.O=C(c1cccnc1)N1CCC2NCCC2C1. The van der Waals surface area contributed by atoms with Crippen LogP contribution >= 0.6 is 24.8 Å². The van der Waals surface area contributed by atoms with Crippen molar-refractivity contribution < 1.29 is 4.79 Å². The van der Waals surface area contributed by atoms with Crippen molar-refractivity contribution in [2.45, 2.75) is 18.9 Å². The first-order valence-corrected chi connectivity index (χ1v) is 6.27. The van der Waals surface area contributed by atoms with Crippen molar-refractivity contribution in [3.63, 3.8) is 0 Å². The summed E-state index contributed by atoms with van der Waals surface area (Å²) < 4.78 is 0. The van der Waals surface area contributed by atoms with Gasteiger partial charge < -0.3 is 10.2 Å². The number of piperidine rings is 1. The number of carbonyl (C=O) groups excluding carboxylic acids is 1. The van der Waals surface area contributed by atoms with E-state index in [1.807, 2.05) is 17.0 Å². The maximum absolute atomic E-state index is 12.3. The summed E-state index contributed by atoms with van der Waals surface area (Å²) in [7, 11) is 0. The third-order valence-electron chi connectivity index (χ3n) is 3.85. The van der Waals surface area contributed by atoms with E-state index in [4.69, 9.17) is 0 Å². The first-order valence-electron chi connectivity index (χ1n) is 6.27. The molecular weight excluding hydrogens is 285 g/mol. The minimum absolute atomic E-state index is 0. The number of rotatable bonds is 1. The number of hydrogen-bond acceptors (Lipinski definition) is 3. The minimum atomic E-state index is 0. The molecule has 1 aromatic heterocycles. The number of hydrogen-bond donors (Lipinski definition) is 1. The minimum Gasteiger partial charge on any atom is -0.338 e.